The lowest BCUT2D eigenvalue weighted by atomic mass is 10.2. The third-order valence-corrected chi connectivity index (χ3v) is 5.34. The van der Waals surface area contributed by atoms with Crippen molar-refractivity contribution in [3.8, 4) is 11.5 Å². The van der Waals surface area contributed by atoms with Crippen LogP contribution in [0.1, 0.15) is 6.42 Å². The molecule has 4 rings (SSSR count). The third kappa shape index (κ3) is 5.15. The fourth-order valence-corrected chi connectivity index (χ4v) is 3.68. The summed E-state index contributed by atoms with van der Waals surface area (Å²) in [6.07, 6.45) is 2.17. The predicted octanol–water partition coefficient (Wildman–Crippen LogP) is 4.42. The van der Waals surface area contributed by atoms with Crippen molar-refractivity contribution in [1.29, 1.82) is 0 Å². The molecule has 2 aromatic carbocycles. The molecule has 2 heterocycles. The van der Waals surface area contributed by atoms with E-state index in [-0.39, 0.29) is 11.5 Å². The van der Waals surface area contributed by atoms with Crippen molar-refractivity contribution in [2.75, 3.05) is 51.7 Å². The van der Waals surface area contributed by atoms with Crippen LogP contribution in [0.3, 0.4) is 0 Å². The lowest BCUT2D eigenvalue weighted by Gasteiger charge is -2.26. The van der Waals surface area contributed by atoms with Gasteiger partial charge in [0, 0.05) is 36.1 Å². The van der Waals surface area contributed by atoms with E-state index in [1.54, 1.807) is 37.4 Å². The second-order valence-electron chi connectivity index (χ2n) is 7.13. The summed E-state index contributed by atoms with van der Waals surface area (Å²) < 4.78 is 32.0. The summed E-state index contributed by atoms with van der Waals surface area (Å²) in [5, 5.41) is 1.43. The molecule has 0 N–H and O–H groups in total. The number of halogens is 2. The number of fused-ring (bicyclic) bond motifs is 1. The second-order valence-corrected chi connectivity index (χ2v) is 7.57. The highest BCUT2D eigenvalue weighted by Crippen LogP contribution is 2.37. The Kier molecular flexibility index (Phi) is 7.01. The average molecular weight is 447 g/mol. The summed E-state index contributed by atoms with van der Waals surface area (Å²) in [6, 6.07) is 9.96. The molecule has 3 aromatic rings. The monoisotopic (exact) mass is 446 g/mol. The molecular weight excluding hydrogens is 423 g/mol. The van der Waals surface area contributed by atoms with E-state index in [2.05, 4.69) is 14.9 Å². The fraction of sp³-hybridized carbons (Fsp3) is 0.364. The minimum atomic E-state index is 0.105. The molecule has 0 aliphatic carbocycles. The maximum absolute atomic E-state index is 15.2. The van der Waals surface area contributed by atoms with Crippen LogP contribution in [0.2, 0.25) is 5.02 Å². The Morgan fingerprint density at radius 2 is 2.00 bits per heavy atom. The fourth-order valence-electron chi connectivity index (χ4n) is 3.49. The minimum absolute atomic E-state index is 0.105. The van der Waals surface area contributed by atoms with Crippen molar-refractivity contribution in [2.45, 2.75) is 6.42 Å². The van der Waals surface area contributed by atoms with Gasteiger partial charge in [-0.1, -0.05) is 22.1 Å². The number of morpholine rings is 1. The maximum Gasteiger partial charge on any atom is 0.174 e. The lowest BCUT2D eigenvalue weighted by Crippen LogP contribution is -2.37. The van der Waals surface area contributed by atoms with Crippen molar-refractivity contribution in [3.63, 3.8) is 0 Å². The number of benzene rings is 2. The van der Waals surface area contributed by atoms with Crippen molar-refractivity contribution in [1.82, 2.24) is 14.9 Å². The molecular formula is C22H24ClFN4O3. The summed E-state index contributed by atoms with van der Waals surface area (Å²) in [5.41, 5.74) is 0.823. The normalized spacial score (nSPS) is 14.5. The summed E-state index contributed by atoms with van der Waals surface area (Å²) in [7, 11) is 1.57. The van der Waals surface area contributed by atoms with Crippen LogP contribution in [0, 0.1) is 0 Å². The first-order valence-electron chi connectivity index (χ1n) is 10.1. The molecule has 0 saturated carbocycles. The molecule has 0 bridgehead atoms. The van der Waals surface area contributed by atoms with E-state index in [1.807, 2.05) is 0 Å². The van der Waals surface area contributed by atoms with Gasteiger partial charge >= 0.3 is 0 Å². The van der Waals surface area contributed by atoms with Crippen molar-refractivity contribution < 1.29 is 18.7 Å². The molecule has 7 nitrogen and oxygen atoms in total. The molecule has 164 valence electrons. The largest absolute Gasteiger partial charge is 0.493 e. The van der Waals surface area contributed by atoms with Crippen LogP contribution < -0.4 is 14.6 Å². The Hall–Kier alpha value is -2.68. The van der Waals surface area contributed by atoms with Gasteiger partial charge in [0.25, 0.3) is 0 Å². The van der Waals surface area contributed by atoms with Gasteiger partial charge in [0.1, 0.15) is 6.33 Å². The van der Waals surface area contributed by atoms with E-state index >= 15 is 4.48 Å². The van der Waals surface area contributed by atoms with Crippen LogP contribution in [0.4, 0.5) is 16.0 Å². The van der Waals surface area contributed by atoms with Crippen molar-refractivity contribution in [2.24, 2.45) is 0 Å². The summed E-state index contributed by atoms with van der Waals surface area (Å²) in [6.45, 7) is 4.87. The van der Waals surface area contributed by atoms with Crippen LogP contribution in [0.5, 0.6) is 11.5 Å². The molecule has 0 atom stereocenters. The Labute approximate surface area is 185 Å². The van der Waals surface area contributed by atoms with Gasteiger partial charge in [-0.2, -0.15) is 5.12 Å². The van der Waals surface area contributed by atoms with E-state index in [1.165, 1.54) is 12.4 Å². The maximum atomic E-state index is 15.2. The first-order chi connectivity index (χ1) is 15.2. The van der Waals surface area contributed by atoms with Gasteiger partial charge in [0.2, 0.25) is 0 Å². The van der Waals surface area contributed by atoms with Crippen molar-refractivity contribution in [3.05, 3.63) is 47.7 Å². The van der Waals surface area contributed by atoms with Crippen LogP contribution in [0.25, 0.3) is 10.9 Å². The highest BCUT2D eigenvalue weighted by atomic mass is 35.5. The van der Waals surface area contributed by atoms with Gasteiger partial charge in [-0.05, 0) is 30.7 Å². The number of anilines is 2. The third-order valence-electron chi connectivity index (χ3n) is 5.10. The summed E-state index contributed by atoms with van der Waals surface area (Å²) >= 11 is 6.01. The second kappa shape index (κ2) is 10.1. The van der Waals surface area contributed by atoms with E-state index in [9.17, 15) is 0 Å². The van der Waals surface area contributed by atoms with Crippen LogP contribution >= 0.6 is 11.6 Å². The minimum Gasteiger partial charge on any atom is -0.493 e. The first-order valence-corrected chi connectivity index (χ1v) is 10.5. The highest BCUT2D eigenvalue weighted by Gasteiger charge is 2.18. The molecule has 0 radical (unpaired) electrons. The zero-order valence-corrected chi connectivity index (χ0v) is 18.0. The molecule has 0 unspecified atom stereocenters. The van der Waals surface area contributed by atoms with E-state index in [0.717, 1.165) is 39.3 Å². The van der Waals surface area contributed by atoms with E-state index in [4.69, 9.17) is 25.8 Å². The number of hydrogen-bond acceptors (Lipinski definition) is 7. The van der Waals surface area contributed by atoms with Gasteiger partial charge in [-0.15, -0.1) is 0 Å². The number of aromatic nitrogens is 2. The molecule has 1 aliphatic heterocycles. The first kappa shape index (κ1) is 21.5. The standard InChI is InChI=1S/C22H24ClFN4O3/c1-29-20-14-19-18(13-21(20)31-9-3-6-27-7-10-30-11-8-27)22(26-15-25-19)28(24)17-5-2-4-16(23)12-17/h2,4-5,12-15H,3,6-11H2,1H3. The predicted molar refractivity (Wildman–Crippen MR) is 118 cm³/mol. The van der Waals surface area contributed by atoms with Gasteiger partial charge in [-0.3, -0.25) is 4.90 Å². The zero-order valence-electron chi connectivity index (χ0n) is 17.3. The zero-order chi connectivity index (χ0) is 21.6. The van der Waals surface area contributed by atoms with Gasteiger partial charge in [0.15, 0.2) is 17.3 Å². The van der Waals surface area contributed by atoms with Crippen LogP contribution in [-0.4, -0.2) is 61.4 Å². The lowest BCUT2D eigenvalue weighted by molar-refractivity contribution is 0.0357. The Bertz CT molecular complexity index is 1030. The summed E-state index contributed by atoms with van der Waals surface area (Å²) in [5.74, 6) is 1.16. The molecule has 9 heteroatoms. The van der Waals surface area contributed by atoms with Gasteiger partial charge in [-0.25, -0.2) is 9.97 Å². The smallest absolute Gasteiger partial charge is 0.174 e. The van der Waals surface area contributed by atoms with Gasteiger partial charge < -0.3 is 14.2 Å². The highest BCUT2D eigenvalue weighted by molar-refractivity contribution is 6.30. The summed E-state index contributed by atoms with van der Waals surface area (Å²) in [4.78, 5) is 10.8. The Morgan fingerprint density at radius 3 is 2.77 bits per heavy atom. The molecule has 1 aromatic heterocycles. The van der Waals surface area contributed by atoms with Crippen LogP contribution in [0.15, 0.2) is 42.7 Å². The SMILES string of the molecule is COc1cc2ncnc(N(F)c3cccc(Cl)c3)c2cc1OCCCN1CCOCC1. The van der Waals surface area contributed by atoms with E-state index < -0.39 is 0 Å². The number of rotatable bonds is 8. The molecule has 1 saturated heterocycles. The van der Waals surface area contributed by atoms with Crippen molar-refractivity contribution >= 4 is 34.0 Å². The average Bonchev–Trinajstić information content (AvgIpc) is 2.81. The molecule has 31 heavy (non-hydrogen) atoms. The van der Waals surface area contributed by atoms with E-state index in [0.29, 0.717) is 39.2 Å². The Balaban J connectivity index is 1.55. The van der Waals surface area contributed by atoms with Gasteiger partial charge in [0.05, 0.1) is 38.1 Å². The quantitative estimate of drug-likeness (QED) is 0.375. The number of methoxy groups -OCH3 is 1. The molecule has 0 amide bonds. The van der Waals surface area contributed by atoms with Crippen LogP contribution in [-0.2, 0) is 4.74 Å². The number of nitrogens with zero attached hydrogens (tertiary/aromatic N) is 4. The molecule has 1 aliphatic rings. The number of hydrogen-bond donors (Lipinski definition) is 0. The molecule has 0 spiro atoms. The number of ether oxygens (including phenoxy) is 3. The molecule has 1 fully saturated rings. The topological polar surface area (TPSA) is 60.0 Å². The Morgan fingerprint density at radius 1 is 1.16 bits per heavy atom.